The van der Waals surface area contributed by atoms with Gasteiger partial charge < -0.3 is 9.47 Å². The van der Waals surface area contributed by atoms with Gasteiger partial charge in [-0.1, -0.05) is 23.2 Å². The lowest BCUT2D eigenvalue weighted by atomic mass is 10.3. The van der Waals surface area contributed by atoms with Crippen LogP contribution in [0.25, 0.3) is 0 Å². The Kier molecular flexibility index (Phi) is 6.22. The molecule has 0 fully saturated rings. The van der Waals surface area contributed by atoms with E-state index in [0.29, 0.717) is 21.5 Å². The highest BCUT2D eigenvalue weighted by Crippen LogP contribution is 2.27. The predicted octanol–water partition coefficient (Wildman–Crippen LogP) is 3.34. The first-order valence-corrected chi connectivity index (χ1v) is 7.97. The lowest BCUT2D eigenvalue weighted by Crippen LogP contribution is -2.18. The standard InChI is InChI=1S/C15H15Cl2N3O5/c1-9-15(20(22)23)10(2)19(18-9)8-14(21)25-6-5-24-13-4-3-11(16)7-12(13)17/h3-4,7H,5-6,8H2,1-2H3. The zero-order chi connectivity index (χ0) is 18.6. The average molecular weight is 388 g/mol. The maximum Gasteiger partial charge on any atom is 0.327 e. The van der Waals surface area contributed by atoms with Crippen molar-refractivity contribution in [3.8, 4) is 5.75 Å². The third kappa shape index (κ3) is 4.83. The van der Waals surface area contributed by atoms with E-state index in [0.717, 1.165) is 0 Å². The molecule has 0 bridgehead atoms. The minimum Gasteiger partial charge on any atom is -0.488 e. The van der Waals surface area contributed by atoms with Gasteiger partial charge in [0.15, 0.2) is 0 Å². The third-order valence-electron chi connectivity index (χ3n) is 3.30. The van der Waals surface area contributed by atoms with Gasteiger partial charge in [0.1, 0.15) is 36.9 Å². The van der Waals surface area contributed by atoms with Crippen LogP contribution in [-0.2, 0) is 16.1 Å². The second-order valence-electron chi connectivity index (χ2n) is 5.08. The van der Waals surface area contributed by atoms with Gasteiger partial charge in [-0.15, -0.1) is 0 Å². The van der Waals surface area contributed by atoms with Crippen LogP contribution in [0.2, 0.25) is 10.0 Å². The molecular formula is C15H15Cl2N3O5. The molecular weight excluding hydrogens is 373 g/mol. The van der Waals surface area contributed by atoms with E-state index < -0.39 is 10.9 Å². The van der Waals surface area contributed by atoms with Crippen LogP contribution in [0.3, 0.4) is 0 Å². The van der Waals surface area contributed by atoms with E-state index >= 15 is 0 Å². The summed E-state index contributed by atoms with van der Waals surface area (Å²) in [6.07, 6.45) is 0. The number of halogens is 2. The number of rotatable bonds is 7. The fourth-order valence-corrected chi connectivity index (χ4v) is 2.64. The highest BCUT2D eigenvalue weighted by atomic mass is 35.5. The topological polar surface area (TPSA) is 96.5 Å². The number of carbonyl (C=O) groups excluding carboxylic acids is 1. The molecule has 0 saturated heterocycles. The number of benzene rings is 1. The van der Waals surface area contributed by atoms with Crippen LogP contribution in [0, 0.1) is 24.0 Å². The summed E-state index contributed by atoms with van der Waals surface area (Å²) >= 11 is 11.7. The number of carbonyl (C=O) groups is 1. The Morgan fingerprint density at radius 3 is 2.64 bits per heavy atom. The minimum absolute atomic E-state index is 0.000813. The van der Waals surface area contributed by atoms with Gasteiger partial charge in [-0.05, 0) is 32.0 Å². The Morgan fingerprint density at radius 2 is 2.04 bits per heavy atom. The van der Waals surface area contributed by atoms with Crippen molar-refractivity contribution < 1.29 is 19.2 Å². The van der Waals surface area contributed by atoms with Gasteiger partial charge in [0.25, 0.3) is 0 Å². The Hall–Kier alpha value is -2.32. The molecule has 2 rings (SSSR count). The highest BCUT2D eigenvalue weighted by molar-refractivity contribution is 6.35. The Labute approximate surface area is 153 Å². The summed E-state index contributed by atoms with van der Waals surface area (Å²) in [6, 6.07) is 4.78. The summed E-state index contributed by atoms with van der Waals surface area (Å²) in [5.41, 5.74) is 0.438. The molecule has 0 aliphatic rings. The van der Waals surface area contributed by atoms with Gasteiger partial charge in [0, 0.05) is 5.02 Å². The van der Waals surface area contributed by atoms with E-state index in [1.54, 1.807) is 18.2 Å². The van der Waals surface area contributed by atoms with Gasteiger partial charge in [0.05, 0.1) is 9.95 Å². The first-order valence-electron chi connectivity index (χ1n) is 7.21. The maximum absolute atomic E-state index is 11.8. The van der Waals surface area contributed by atoms with Gasteiger partial charge >= 0.3 is 11.7 Å². The van der Waals surface area contributed by atoms with Crippen molar-refractivity contribution in [2.24, 2.45) is 0 Å². The molecule has 1 aromatic carbocycles. The van der Waals surface area contributed by atoms with Gasteiger partial charge in [-0.3, -0.25) is 19.6 Å². The number of hydrogen-bond acceptors (Lipinski definition) is 6. The summed E-state index contributed by atoms with van der Waals surface area (Å²) < 4.78 is 11.7. The van der Waals surface area contributed by atoms with Crippen LogP contribution >= 0.6 is 23.2 Å². The van der Waals surface area contributed by atoms with Crippen LogP contribution in [-0.4, -0.2) is 33.9 Å². The molecule has 0 saturated carbocycles. The Morgan fingerprint density at radius 1 is 1.32 bits per heavy atom. The molecule has 0 N–H and O–H groups in total. The minimum atomic E-state index is -0.577. The van der Waals surface area contributed by atoms with Crippen LogP contribution < -0.4 is 4.74 Å². The highest BCUT2D eigenvalue weighted by Gasteiger charge is 2.23. The van der Waals surface area contributed by atoms with Gasteiger partial charge in [-0.25, -0.2) is 0 Å². The summed E-state index contributed by atoms with van der Waals surface area (Å²) in [5.74, 6) is -0.150. The van der Waals surface area contributed by atoms with Crippen molar-refractivity contribution in [1.29, 1.82) is 0 Å². The quantitative estimate of drug-likeness (QED) is 0.312. The molecule has 0 spiro atoms. The molecule has 1 aromatic heterocycles. The van der Waals surface area contributed by atoms with E-state index in [1.165, 1.54) is 18.5 Å². The van der Waals surface area contributed by atoms with Gasteiger partial charge in [-0.2, -0.15) is 5.10 Å². The fourth-order valence-electron chi connectivity index (χ4n) is 2.17. The summed E-state index contributed by atoms with van der Waals surface area (Å²) in [6.45, 7) is 2.92. The Bertz CT molecular complexity index is 807. The molecule has 25 heavy (non-hydrogen) atoms. The molecule has 8 nitrogen and oxygen atoms in total. The van der Waals surface area contributed by atoms with Crippen LogP contribution in [0.1, 0.15) is 11.4 Å². The lowest BCUT2D eigenvalue weighted by molar-refractivity contribution is -0.386. The second-order valence-corrected chi connectivity index (χ2v) is 5.92. The number of nitro groups is 1. The Balaban J connectivity index is 1.83. The molecule has 0 atom stereocenters. The van der Waals surface area contributed by atoms with E-state index in [-0.39, 0.29) is 31.1 Å². The average Bonchev–Trinajstić information content (AvgIpc) is 2.79. The predicted molar refractivity (Wildman–Crippen MR) is 91.3 cm³/mol. The number of esters is 1. The SMILES string of the molecule is Cc1nn(CC(=O)OCCOc2ccc(Cl)cc2Cl)c(C)c1[N+](=O)[O-]. The van der Waals surface area contributed by atoms with E-state index in [1.807, 2.05) is 0 Å². The van der Waals surface area contributed by atoms with Crippen molar-refractivity contribution >= 4 is 34.9 Å². The molecule has 134 valence electrons. The molecule has 0 amide bonds. The molecule has 0 aliphatic carbocycles. The van der Waals surface area contributed by atoms with Crippen molar-refractivity contribution in [2.75, 3.05) is 13.2 Å². The molecule has 2 aromatic rings. The zero-order valence-electron chi connectivity index (χ0n) is 13.5. The molecule has 0 radical (unpaired) electrons. The van der Waals surface area contributed by atoms with Crippen LogP contribution in [0.15, 0.2) is 18.2 Å². The number of hydrogen-bond donors (Lipinski definition) is 0. The number of aryl methyl sites for hydroxylation is 1. The smallest absolute Gasteiger partial charge is 0.327 e. The van der Waals surface area contributed by atoms with Crippen molar-refractivity contribution in [3.63, 3.8) is 0 Å². The second kappa shape index (κ2) is 8.17. The van der Waals surface area contributed by atoms with Crippen molar-refractivity contribution in [3.05, 3.63) is 49.7 Å². The third-order valence-corrected chi connectivity index (χ3v) is 3.83. The van der Waals surface area contributed by atoms with E-state index in [9.17, 15) is 14.9 Å². The van der Waals surface area contributed by atoms with Crippen LogP contribution in [0.4, 0.5) is 5.69 Å². The normalized spacial score (nSPS) is 10.6. The van der Waals surface area contributed by atoms with Crippen LogP contribution in [0.5, 0.6) is 5.75 Å². The number of aromatic nitrogens is 2. The summed E-state index contributed by atoms with van der Waals surface area (Å²) in [5, 5.41) is 15.8. The lowest BCUT2D eigenvalue weighted by Gasteiger charge is -2.09. The van der Waals surface area contributed by atoms with Crippen molar-refractivity contribution in [1.82, 2.24) is 9.78 Å². The number of ether oxygens (including phenoxy) is 2. The molecule has 0 unspecified atom stereocenters. The molecule has 1 heterocycles. The summed E-state index contributed by atoms with van der Waals surface area (Å²) in [7, 11) is 0. The summed E-state index contributed by atoms with van der Waals surface area (Å²) in [4.78, 5) is 22.2. The van der Waals surface area contributed by atoms with E-state index in [2.05, 4.69) is 5.10 Å². The van der Waals surface area contributed by atoms with E-state index in [4.69, 9.17) is 32.7 Å². The van der Waals surface area contributed by atoms with Crippen molar-refractivity contribution in [2.45, 2.75) is 20.4 Å². The number of nitrogens with zero attached hydrogens (tertiary/aromatic N) is 3. The molecule has 0 aliphatic heterocycles. The molecule has 10 heteroatoms. The first-order chi connectivity index (χ1) is 11.8. The first kappa shape index (κ1) is 19.0. The fraction of sp³-hybridized carbons (Fsp3) is 0.333. The monoisotopic (exact) mass is 387 g/mol. The van der Waals surface area contributed by atoms with Gasteiger partial charge in [0.2, 0.25) is 0 Å². The zero-order valence-corrected chi connectivity index (χ0v) is 15.0. The maximum atomic E-state index is 11.8. The largest absolute Gasteiger partial charge is 0.488 e.